The highest BCUT2D eigenvalue weighted by Gasteiger charge is 2.38. The van der Waals surface area contributed by atoms with Crippen LogP contribution in [0.25, 0.3) is 0 Å². The van der Waals surface area contributed by atoms with E-state index in [1.165, 1.54) is 6.20 Å². The molecule has 9 nitrogen and oxygen atoms in total. The Morgan fingerprint density at radius 3 is 2.67 bits per heavy atom. The molecular weight excluding hydrogens is 485 g/mol. The Hall–Kier alpha value is -3.53. The minimum Gasteiger partial charge on any atom is -0.354 e. The first-order chi connectivity index (χ1) is 17.3. The van der Waals surface area contributed by atoms with E-state index in [2.05, 4.69) is 30.8 Å². The first-order valence-corrected chi connectivity index (χ1v) is 12.3. The number of nitrogens with zero attached hydrogens (tertiary/aromatic N) is 4. The Labute approximate surface area is 212 Å². The summed E-state index contributed by atoms with van der Waals surface area (Å²) in [6.45, 7) is 5.42. The molecule has 2 aliphatic rings. The monoisotopic (exact) mass is 511 g/mol. The number of aryl methyl sites for hydroxylation is 2. The van der Waals surface area contributed by atoms with Crippen molar-refractivity contribution in [1.29, 1.82) is 0 Å². The molecule has 188 valence electrons. The van der Waals surface area contributed by atoms with Gasteiger partial charge < -0.3 is 15.5 Å². The number of benzene rings is 1. The Balaban J connectivity index is 1.26. The molecule has 4 heterocycles. The Morgan fingerprint density at radius 1 is 1.25 bits per heavy atom. The van der Waals surface area contributed by atoms with E-state index in [1.807, 2.05) is 26.0 Å². The summed E-state index contributed by atoms with van der Waals surface area (Å²) in [5.74, 6) is 0.427. The lowest BCUT2D eigenvalue weighted by Crippen LogP contribution is -2.57. The molecule has 3 aromatic rings. The largest absolute Gasteiger partial charge is 0.354 e. The first kappa shape index (κ1) is 24.2. The van der Waals surface area contributed by atoms with E-state index in [0.29, 0.717) is 47.7 Å². The number of hydrogen-bond acceptors (Lipinski definition) is 6. The standard InChI is InChI=1S/C25H27ClFN7O2/c1-13-7-16(9-21-28-12-19(26)23(30-21)31-22-8-14(2)32-33-22)20(27)10-17(13)15-3-5-34(6-4-15)25(36)18-11-29-24(18)35/h7-8,10,12,15,18H,3-6,9,11H2,1-2H3,(H,29,35)(H2,28,30,31,32,33). The second-order valence-electron chi connectivity index (χ2n) is 9.42. The highest BCUT2D eigenvalue weighted by Crippen LogP contribution is 2.33. The maximum Gasteiger partial charge on any atom is 0.236 e. The zero-order valence-corrected chi connectivity index (χ0v) is 20.8. The van der Waals surface area contributed by atoms with Crippen molar-refractivity contribution in [3.8, 4) is 0 Å². The summed E-state index contributed by atoms with van der Waals surface area (Å²) in [5, 5.41) is 13.0. The van der Waals surface area contributed by atoms with E-state index >= 15 is 4.39 Å². The summed E-state index contributed by atoms with van der Waals surface area (Å²) in [4.78, 5) is 34.5. The molecule has 0 saturated carbocycles. The molecule has 0 spiro atoms. The number of piperidine rings is 1. The lowest BCUT2D eigenvalue weighted by molar-refractivity contribution is -0.147. The zero-order valence-electron chi connectivity index (χ0n) is 20.1. The molecule has 3 N–H and O–H groups in total. The minimum atomic E-state index is -0.547. The van der Waals surface area contributed by atoms with Crippen LogP contribution in [-0.4, -0.2) is 56.5 Å². The van der Waals surface area contributed by atoms with Crippen LogP contribution in [0.4, 0.5) is 16.0 Å². The normalized spacial score (nSPS) is 18.1. The number of β-lactam (4-membered cyclic amide) rings is 1. The fourth-order valence-electron chi connectivity index (χ4n) is 4.80. The third-order valence-corrected chi connectivity index (χ3v) is 7.15. The van der Waals surface area contributed by atoms with Crippen molar-refractivity contribution < 1.29 is 14.0 Å². The lowest BCUT2D eigenvalue weighted by Gasteiger charge is -2.36. The van der Waals surface area contributed by atoms with Crippen molar-refractivity contribution in [1.82, 2.24) is 30.4 Å². The molecule has 1 aromatic carbocycles. The van der Waals surface area contributed by atoms with Crippen LogP contribution in [0.1, 0.15) is 47.0 Å². The Bertz CT molecular complexity index is 1320. The summed E-state index contributed by atoms with van der Waals surface area (Å²) in [5.41, 5.74) is 3.35. The number of anilines is 2. The van der Waals surface area contributed by atoms with Crippen molar-refractivity contribution in [2.75, 3.05) is 25.0 Å². The van der Waals surface area contributed by atoms with Crippen LogP contribution < -0.4 is 10.6 Å². The van der Waals surface area contributed by atoms with Crippen LogP contribution >= 0.6 is 11.6 Å². The number of amides is 2. The van der Waals surface area contributed by atoms with E-state index in [-0.39, 0.29) is 30.0 Å². The van der Waals surface area contributed by atoms with Gasteiger partial charge in [-0.2, -0.15) is 5.10 Å². The molecule has 0 radical (unpaired) electrons. The van der Waals surface area contributed by atoms with Gasteiger partial charge in [-0.3, -0.25) is 14.7 Å². The number of aromatic nitrogens is 4. The molecule has 2 aromatic heterocycles. The van der Waals surface area contributed by atoms with Crippen molar-refractivity contribution in [3.05, 3.63) is 63.4 Å². The van der Waals surface area contributed by atoms with Gasteiger partial charge in [-0.25, -0.2) is 14.4 Å². The van der Waals surface area contributed by atoms with Crippen molar-refractivity contribution in [2.24, 2.45) is 5.92 Å². The molecule has 0 bridgehead atoms. The van der Waals surface area contributed by atoms with Gasteiger partial charge in [-0.15, -0.1) is 0 Å². The SMILES string of the molecule is Cc1cc(Nc2nc(Cc3cc(C)c(C4CCN(C(=O)C5CNC5=O)CC4)cc3F)ncc2Cl)n[nH]1. The number of nitrogens with one attached hydrogen (secondary N) is 3. The van der Waals surface area contributed by atoms with Gasteiger partial charge in [-0.1, -0.05) is 17.7 Å². The Morgan fingerprint density at radius 2 is 2.03 bits per heavy atom. The average molecular weight is 512 g/mol. The number of halogens is 2. The van der Waals surface area contributed by atoms with E-state index in [0.717, 1.165) is 29.7 Å². The Kier molecular flexibility index (Phi) is 6.61. The van der Waals surface area contributed by atoms with Gasteiger partial charge in [0, 0.05) is 37.8 Å². The smallest absolute Gasteiger partial charge is 0.236 e. The maximum absolute atomic E-state index is 15.2. The molecule has 0 aliphatic carbocycles. The lowest BCUT2D eigenvalue weighted by atomic mass is 9.85. The predicted molar refractivity (Wildman–Crippen MR) is 133 cm³/mol. The van der Waals surface area contributed by atoms with E-state index in [1.54, 1.807) is 11.0 Å². The second-order valence-corrected chi connectivity index (χ2v) is 9.83. The van der Waals surface area contributed by atoms with Gasteiger partial charge in [0.2, 0.25) is 11.8 Å². The highest BCUT2D eigenvalue weighted by molar-refractivity contribution is 6.32. The van der Waals surface area contributed by atoms with Crippen LogP contribution in [0.3, 0.4) is 0 Å². The average Bonchev–Trinajstić information content (AvgIpc) is 3.26. The fourth-order valence-corrected chi connectivity index (χ4v) is 4.94. The third kappa shape index (κ3) is 4.90. The molecule has 2 saturated heterocycles. The van der Waals surface area contributed by atoms with Crippen LogP contribution in [0, 0.1) is 25.6 Å². The van der Waals surface area contributed by atoms with E-state index < -0.39 is 5.92 Å². The summed E-state index contributed by atoms with van der Waals surface area (Å²) in [6.07, 6.45) is 3.19. The maximum atomic E-state index is 15.2. The first-order valence-electron chi connectivity index (χ1n) is 11.9. The van der Waals surface area contributed by atoms with E-state index in [9.17, 15) is 9.59 Å². The van der Waals surface area contributed by atoms with Crippen molar-refractivity contribution >= 4 is 35.1 Å². The van der Waals surface area contributed by atoms with Gasteiger partial charge in [0.05, 0.1) is 6.20 Å². The number of carbonyl (C=O) groups excluding carboxylic acids is 2. The highest BCUT2D eigenvalue weighted by atomic mass is 35.5. The number of carbonyl (C=O) groups is 2. The van der Waals surface area contributed by atoms with Crippen LogP contribution in [0.5, 0.6) is 0 Å². The molecule has 5 rings (SSSR count). The molecule has 1 atom stereocenters. The van der Waals surface area contributed by atoms with E-state index in [4.69, 9.17) is 11.6 Å². The molecule has 1 unspecified atom stereocenters. The molecule has 2 fully saturated rings. The molecule has 11 heteroatoms. The van der Waals surface area contributed by atoms with Crippen LogP contribution in [0.2, 0.25) is 5.02 Å². The van der Waals surface area contributed by atoms with Gasteiger partial charge in [0.25, 0.3) is 0 Å². The number of likely N-dealkylation sites (tertiary alicyclic amines) is 1. The van der Waals surface area contributed by atoms with Gasteiger partial charge in [-0.05, 0) is 55.4 Å². The zero-order chi connectivity index (χ0) is 25.4. The fraction of sp³-hybridized carbons (Fsp3) is 0.400. The van der Waals surface area contributed by atoms with Crippen LogP contribution in [0.15, 0.2) is 24.4 Å². The number of rotatable bonds is 6. The summed E-state index contributed by atoms with van der Waals surface area (Å²) in [7, 11) is 0. The number of H-pyrrole nitrogens is 1. The molecule has 36 heavy (non-hydrogen) atoms. The van der Waals surface area contributed by atoms with Crippen molar-refractivity contribution in [3.63, 3.8) is 0 Å². The van der Waals surface area contributed by atoms with Gasteiger partial charge in [0.1, 0.15) is 22.6 Å². The van der Waals surface area contributed by atoms with Gasteiger partial charge >= 0.3 is 0 Å². The van der Waals surface area contributed by atoms with Crippen molar-refractivity contribution in [2.45, 2.75) is 39.0 Å². The predicted octanol–water partition coefficient (Wildman–Crippen LogP) is 3.40. The molecular formula is C25H27ClFN7O2. The topological polar surface area (TPSA) is 116 Å². The van der Waals surface area contributed by atoms with Crippen LogP contribution in [-0.2, 0) is 16.0 Å². The second kappa shape index (κ2) is 9.85. The number of hydrogen-bond donors (Lipinski definition) is 3. The minimum absolute atomic E-state index is 0.102. The summed E-state index contributed by atoms with van der Waals surface area (Å²) >= 11 is 6.24. The third-order valence-electron chi connectivity index (χ3n) is 6.87. The quantitative estimate of drug-likeness (QED) is 0.345. The summed E-state index contributed by atoms with van der Waals surface area (Å²) in [6, 6.07) is 5.28. The molecule has 2 aliphatic heterocycles. The molecule has 2 amide bonds. The number of aromatic amines is 1. The van der Waals surface area contributed by atoms with Gasteiger partial charge in [0.15, 0.2) is 11.6 Å². The summed E-state index contributed by atoms with van der Waals surface area (Å²) < 4.78 is 15.2.